The minimum Gasteiger partial charge on any atom is -0.351 e. The number of hydrogen-bond acceptors (Lipinski definition) is 7. The van der Waals surface area contributed by atoms with Gasteiger partial charge in [-0.05, 0) is 43.4 Å². The van der Waals surface area contributed by atoms with Gasteiger partial charge in [0.15, 0.2) is 0 Å². The summed E-state index contributed by atoms with van der Waals surface area (Å²) in [6.07, 6.45) is 5.17. The first-order chi connectivity index (χ1) is 15.2. The van der Waals surface area contributed by atoms with Crippen molar-refractivity contribution in [2.75, 3.05) is 51.6 Å². The monoisotopic (exact) mass is 417 g/mol. The van der Waals surface area contributed by atoms with E-state index in [9.17, 15) is 4.79 Å². The van der Waals surface area contributed by atoms with Crippen LogP contribution in [-0.2, 0) is 0 Å². The van der Waals surface area contributed by atoms with Gasteiger partial charge in [-0.3, -0.25) is 14.7 Å². The van der Waals surface area contributed by atoms with Gasteiger partial charge in [0.2, 0.25) is 5.95 Å². The first-order valence-electron chi connectivity index (χ1n) is 10.5. The number of piperazine rings is 1. The van der Waals surface area contributed by atoms with Crippen LogP contribution in [-0.4, -0.2) is 77.0 Å². The number of anilines is 2. The Hall–Kier alpha value is -3.36. The van der Waals surface area contributed by atoms with E-state index in [-0.39, 0.29) is 5.91 Å². The SMILES string of the molecule is CN1CCN(CCNC(=O)c2cccc(Nc3nccc(-c4ccncc4)n3)c2)CC1. The number of hydrogen-bond donors (Lipinski definition) is 2. The van der Waals surface area contributed by atoms with Crippen LogP contribution in [0.15, 0.2) is 61.1 Å². The van der Waals surface area contributed by atoms with Crippen LogP contribution in [0, 0.1) is 0 Å². The molecule has 160 valence electrons. The van der Waals surface area contributed by atoms with Crippen LogP contribution >= 0.6 is 0 Å². The van der Waals surface area contributed by atoms with Crippen molar-refractivity contribution in [1.29, 1.82) is 0 Å². The molecule has 0 aliphatic carbocycles. The Morgan fingerprint density at radius 1 is 1.03 bits per heavy atom. The second kappa shape index (κ2) is 10.1. The van der Waals surface area contributed by atoms with Gasteiger partial charge in [0.25, 0.3) is 5.91 Å². The normalized spacial score (nSPS) is 14.9. The molecule has 8 nitrogen and oxygen atoms in total. The lowest BCUT2D eigenvalue weighted by atomic mass is 10.2. The molecule has 1 amide bonds. The van der Waals surface area contributed by atoms with E-state index in [1.807, 2.05) is 42.5 Å². The quantitative estimate of drug-likeness (QED) is 0.610. The van der Waals surface area contributed by atoms with Crippen LogP contribution in [0.5, 0.6) is 0 Å². The number of pyridine rings is 1. The van der Waals surface area contributed by atoms with E-state index in [1.54, 1.807) is 18.6 Å². The van der Waals surface area contributed by atoms with Gasteiger partial charge in [-0.2, -0.15) is 0 Å². The van der Waals surface area contributed by atoms with Gasteiger partial charge < -0.3 is 15.5 Å². The average Bonchev–Trinajstić information content (AvgIpc) is 2.81. The van der Waals surface area contributed by atoms with E-state index < -0.39 is 0 Å². The molecule has 3 heterocycles. The number of aromatic nitrogens is 3. The number of carbonyl (C=O) groups is 1. The smallest absolute Gasteiger partial charge is 0.251 e. The molecule has 1 aliphatic heterocycles. The molecule has 0 saturated carbocycles. The maximum absolute atomic E-state index is 12.6. The van der Waals surface area contributed by atoms with Crippen LogP contribution in [0.3, 0.4) is 0 Å². The van der Waals surface area contributed by atoms with Crippen molar-refractivity contribution in [3.63, 3.8) is 0 Å². The van der Waals surface area contributed by atoms with Crippen molar-refractivity contribution in [1.82, 2.24) is 30.1 Å². The molecule has 1 saturated heterocycles. The lowest BCUT2D eigenvalue weighted by Gasteiger charge is -2.32. The van der Waals surface area contributed by atoms with Crippen LogP contribution in [0.1, 0.15) is 10.4 Å². The maximum Gasteiger partial charge on any atom is 0.251 e. The van der Waals surface area contributed by atoms with E-state index in [0.29, 0.717) is 18.1 Å². The number of nitrogens with zero attached hydrogens (tertiary/aromatic N) is 5. The summed E-state index contributed by atoms with van der Waals surface area (Å²) in [7, 11) is 2.14. The van der Waals surface area contributed by atoms with Gasteiger partial charge in [0, 0.05) is 74.7 Å². The average molecular weight is 418 g/mol. The summed E-state index contributed by atoms with van der Waals surface area (Å²) in [4.78, 5) is 30.2. The predicted octanol–water partition coefficient (Wildman–Crippen LogP) is 2.26. The second-order valence-corrected chi connectivity index (χ2v) is 7.61. The largest absolute Gasteiger partial charge is 0.351 e. The highest BCUT2D eigenvalue weighted by molar-refractivity contribution is 5.95. The van der Waals surface area contributed by atoms with Crippen LogP contribution in [0.2, 0.25) is 0 Å². The third-order valence-corrected chi connectivity index (χ3v) is 5.32. The molecule has 1 fully saturated rings. The minimum absolute atomic E-state index is 0.0794. The number of nitrogens with one attached hydrogen (secondary N) is 2. The Morgan fingerprint density at radius 3 is 2.65 bits per heavy atom. The van der Waals surface area contributed by atoms with Crippen molar-refractivity contribution in [3.05, 3.63) is 66.6 Å². The summed E-state index contributed by atoms with van der Waals surface area (Å²) < 4.78 is 0. The molecule has 8 heteroatoms. The second-order valence-electron chi connectivity index (χ2n) is 7.61. The third kappa shape index (κ3) is 5.84. The van der Waals surface area contributed by atoms with Gasteiger partial charge in [0.1, 0.15) is 0 Å². The molecular formula is C23H27N7O. The zero-order chi connectivity index (χ0) is 21.5. The Kier molecular flexibility index (Phi) is 6.81. The number of likely N-dealkylation sites (N-methyl/N-ethyl adjacent to an activating group) is 1. The Morgan fingerprint density at radius 2 is 1.84 bits per heavy atom. The molecule has 31 heavy (non-hydrogen) atoms. The standard InChI is InChI=1S/C23H27N7O/c1-29-13-15-30(16-14-29)12-11-25-22(31)19-3-2-4-20(17-19)27-23-26-10-7-21(28-23)18-5-8-24-9-6-18/h2-10,17H,11-16H2,1H3,(H,25,31)(H,26,27,28). The molecule has 0 unspecified atom stereocenters. The molecule has 0 bridgehead atoms. The van der Waals surface area contributed by atoms with Gasteiger partial charge in [-0.25, -0.2) is 9.97 Å². The first kappa shape index (κ1) is 20.9. The molecule has 0 atom stereocenters. The zero-order valence-corrected chi connectivity index (χ0v) is 17.7. The number of benzene rings is 1. The van der Waals surface area contributed by atoms with Crippen molar-refractivity contribution in [2.45, 2.75) is 0 Å². The molecule has 0 radical (unpaired) electrons. The fourth-order valence-corrected chi connectivity index (χ4v) is 3.47. The number of carbonyl (C=O) groups excluding carboxylic acids is 1. The molecule has 1 aliphatic rings. The number of amides is 1. The summed E-state index contributed by atoms with van der Waals surface area (Å²) in [6.45, 7) is 5.75. The predicted molar refractivity (Wildman–Crippen MR) is 121 cm³/mol. The summed E-state index contributed by atoms with van der Waals surface area (Å²) in [5.41, 5.74) is 3.14. The van der Waals surface area contributed by atoms with Crippen LogP contribution < -0.4 is 10.6 Å². The molecule has 3 aromatic rings. The summed E-state index contributed by atoms with van der Waals surface area (Å²) in [6, 6.07) is 13.0. The van der Waals surface area contributed by atoms with Crippen molar-refractivity contribution < 1.29 is 4.79 Å². The molecule has 2 aromatic heterocycles. The first-order valence-corrected chi connectivity index (χ1v) is 10.5. The molecule has 1 aromatic carbocycles. The summed E-state index contributed by atoms with van der Waals surface area (Å²) >= 11 is 0. The van der Waals surface area contributed by atoms with Gasteiger partial charge >= 0.3 is 0 Å². The number of rotatable bonds is 7. The van der Waals surface area contributed by atoms with Gasteiger partial charge in [0.05, 0.1) is 5.69 Å². The van der Waals surface area contributed by atoms with E-state index in [1.165, 1.54) is 0 Å². The Balaban J connectivity index is 1.34. The maximum atomic E-state index is 12.6. The van der Waals surface area contributed by atoms with E-state index in [2.05, 4.69) is 42.4 Å². The van der Waals surface area contributed by atoms with Gasteiger partial charge in [-0.15, -0.1) is 0 Å². The molecular weight excluding hydrogens is 390 g/mol. The third-order valence-electron chi connectivity index (χ3n) is 5.32. The molecule has 0 spiro atoms. The minimum atomic E-state index is -0.0794. The highest BCUT2D eigenvalue weighted by atomic mass is 16.1. The Labute approximate surface area is 182 Å². The van der Waals surface area contributed by atoms with Crippen molar-refractivity contribution in [2.24, 2.45) is 0 Å². The topological polar surface area (TPSA) is 86.3 Å². The van der Waals surface area contributed by atoms with E-state index in [0.717, 1.165) is 49.7 Å². The van der Waals surface area contributed by atoms with Gasteiger partial charge in [-0.1, -0.05) is 6.07 Å². The van der Waals surface area contributed by atoms with E-state index in [4.69, 9.17) is 0 Å². The fraction of sp³-hybridized carbons (Fsp3) is 0.304. The lowest BCUT2D eigenvalue weighted by Crippen LogP contribution is -2.46. The van der Waals surface area contributed by atoms with Crippen LogP contribution in [0.25, 0.3) is 11.3 Å². The lowest BCUT2D eigenvalue weighted by molar-refractivity contribution is 0.0941. The highest BCUT2D eigenvalue weighted by Crippen LogP contribution is 2.19. The summed E-state index contributed by atoms with van der Waals surface area (Å²) in [5.74, 6) is 0.395. The van der Waals surface area contributed by atoms with Crippen LogP contribution in [0.4, 0.5) is 11.6 Å². The molecule has 2 N–H and O–H groups in total. The van der Waals surface area contributed by atoms with Crippen molar-refractivity contribution >= 4 is 17.5 Å². The Bertz CT molecular complexity index is 1000. The fourth-order valence-electron chi connectivity index (χ4n) is 3.47. The highest BCUT2D eigenvalue weighted by Gasteiger charge is 2.14. The molecule has 4 rings (SSSR count). The summed E-state index contributed by atoms with van der Waals surface area (Å²) in [5, 5.41) is 6.21. The van der Waals surface area contributed by atoms with Crippen molar-refractivity contribution in [3.8, 4) is 11.3 Å². The van der Waals surface area contributed by atoms with E-state index >= 15 is 0 Å². The zero-order valence-electron chi connectivity index (χ0n) is 17.7.